The van der Waals surface area contributed by atoms with E-state index < -0.39 is 5.97 Å². The zero-order valence-electron chi connectivity index (χ0n) is 34.0. The van der Waals surface area contributed by atoms with Crippen LogP contribution >= 0.6 is 0 Å². The number of esters is 2. The van der Waals surface area contributed by atoms with Crippen molar-refractivity contribution < 1.29 is 29.0 Å². The predicted octanol–water partition coefficient (Wildman–Crippen LogP) is 13.2. The van der Waals surface area contributed by atoms with Crippen LogP contribution in [-0.2, 0) is 23.9 Å². The normalized spacial score (nSPS) is 14.3. The monoisotopic (exact) mass is 800 g/mol. The molecule has 308 valence electrons. The van der Waals surface area contributed by atoms with Crippen LogP contribution in [0.2, 0.25) is 0 Å². The summed E-state index contributed by atoms with van der Waals surface area (Å²) in [6, 6.07) is 0. The Kier molecular flexibility index (Phi) is 39.6. The minimum Gasteiger partial charge on any atom is -0.481 e. The van der Waals surface area contributed by atoms with Gasteiger partial charge in [-0.25, -0.2) is 0 Å². The van der Waals surface area contributed by atoms with E-state index in [-0.39, 0.29) is 31.2 Å². The van der Waals surface area contributed by atoms with Crippen molar-refractivity contribution in [3.63, 3.8) is 0 Å². The smallest absolute Gasteiger partial charge is 0.314 e. The number of carbonyl (C=O) groups is 3. The summed E-state index contributed by atoms with van der Waals surface area (Å²) in [6.07, 6.45) is 85.8. The second kappa shape index (κ2) is 45.6. The van der Waals surface area contributed by atoms with Gasteiger partial charge in [0.15, 0.2) is 0 Å². The first-order valence-corrected chi connectivity index (χ1v) is 19.1. The number of carboxylic acid groups (broad SMARTS) is 1. The predicted molar refractivity (Wildman–Crippen MR) is 254 cm³/mol. The van der Waals surface area contributed by atoms with Crippen molar-refractivity contribution in [3.05, 3.63) is 293 Å². The Labute approximate surface area is 357 Å². The lowest BCUT2D eigenvalue weighted by atomic mass is 10.3. The van der Waals surface area contributed by atoms with Crippen molar-refractivity contribution in [2.45, 2.75) is 19.3 Å². The van der Waals surface area contributed by atoms with Crippen molar-refractivity contribution >= 4 is 17.9 Å². The molecule has 0 aromatic carbocycles. The maximum Gasteiger partial charge on any atom is 0.314 e. The molecule has 0 amide bonds. The van der Waals surface area contributed by atoms with E-state index in [1.54, 1.807) is 72.9 Å². The molecule has 60 heavy (non-hydrogen) atoms. The van der Waals surface area contributed by atoms with E-state index in [4.69, 9.17) is 14.6 Å². The quantitative estimate of drug-likeness (QED) is 0.0460. The van der Waals surface area contributed by atoms with Crippen molar-refractivity contribution in [1.82, 2.24) is 0 Å². The van der Waals surface area contributed by atoms with E-state index in [0.29, 0.717) is 0 Å². The molecule has 0 fully saturated rings. The minimum absolute atomic E-state index is 0.0131. The lowest BCUT2D eigenvalue weighted by molar-refractivity contribution is -0.137. The summed E-state index contributed by atoms with van der Waals surface area (Å²) >= 11 is 0. The van der Waals surface area contributed by atoms with Gasteiger partial charge < -0.3 is 14.6 Å². The molecule has 0 atom stereocenters. The molecule has 0 spiro atoms. The number of aliphatic carboxylic acids is 1. The third kappa shape index (κ3) is 46.3. The van der Waals surface area contributed by atoms with Crippen molar-refractivity contribution in [1.29, 1.82) is 0 Å². The van der Waals surface area contributed by atoms with Gasteiger partial charge in [-0.1, -0.05) is 268 Å². The Morgan fingerprint density at radius 3 is 0.733 bits per heavy atom. The number of rotatable bonds is 29. The van der Waals surface area contributed by atoms with Gasteiger partial charge in [0.25, 0.3) is 0 Å². The summed E-state index contributed by atoms with van der Waals surface area (Å²) < 4.78 is 10.1. The number of hydrogen-bond donors (Lipinski definition) is 1. The van der Waals surface area contributed by atoms with Gasteiger partial charge >= 0.3 is 17.9 Å². The van der Waals surface area contributed by atoms with Gasteiger partial charge in [-0.3, -0.25) is 14.4 Å². The molecule has 6 heteroatoms. The Morgan fingerprint density at radius 1 is 0.300 bits per heavy atom. The van der Waals surface area contributed by atoms with Crippen molar-refractivity contribution in [3.8, 4) is 0 Å². The van der Waals surface area contributed by atoms with Gasteiger partial charge in [0.1, 0.15) is 0 Å². The minimum atomic E-state index is -0.853. The van der Waals surface area contributed by atoms with Gasteiger partial charge in [-0.05, 0) is 12.2 Å². The third-order valence-corrected chi connectivity index (χ3v) is 6.18. The Hall–Kier alpha value is -7.83. The molecule has 0 radical (unpaired) electrons. The first-order valence-electron chi connectivity index (χ1n) is 19.1. The SMILES string of the molecule is C=CC=CC=CC=CC=CC=CC=CC=CCC(=O)OC=CC=CC=CC=CC=CC=CC=CC=CCC(=O)OC=CC=CC=CC=CC=CC=CC=CC=CCC(=O)O. The standard InChI is InChI=1S/C54H56O6/c1-2-3-4-5-6-7-8-9-12-18-23-28-33-38-43-48-53(57)59-51-46-41-36-31-26-21-16-11-14-19-24-29-34-39-44-49-54(58)60-50-45-40-35-30-25-20-15-10-13-17-22-27-32-37-42-47-52(55)56/h2-46,50-51H,1,47-49H2,(H,55,56). The fourth-order valence-corrected chi connectivity index (χ4v) is 3.47. The fraction of sp³-hybridized carbons (Fsp3) is 0.0556. The van der Waals surface area contributed by atoms with Crippen LogP contribution in [0.5, 0.6) is 0 Å². The lowest BCUT2D eigenvalue weighted by Crippen LogP contribution is -1.96. The molecule has 0 heterocycles. The summed E-state index contributed by atoms with van der Waals surface area (Å²) in [4.78, 5) is 34.0. The van der Waals surface area contributed by atoms with Crippen LogP contribution < -0.4 is 0 Å². The van der Waals surface area contributed by atoms with Crippen LogP contribution in [0.15, 0.2) is 293 Å². The van der Waals surface area contributed by atoms with Gasteiger partial charge in [0.05, 0.1) is 31.8 Å². The highest BCUT2D eigenvalue weighted by Gasteiger charge is 1.95. The van der Waals surface area contributed by atoms with Gasteiger partial charge in [-0.15, -0.1) is 0 Å². The molecule has 0 aliphatic rings. The molecule has 0 saturated heterocycles. The zero-order chi connectivity index (χ0) is 43.5. The van der Waals surface area contributed by atoms with Crippen LogP contribution in [0.25, 0.3) is 0 Å². The number of hydrogen-bond acceptors (Lipinski definition) is 5. The third-order valence-electron chi connectivity index (χ3n) is 6.18. The maximum absolute atomic E-state index is 11.8. The van der Waals surface area contributed by atoms with Crippen LogP contribution in [0.1, 0.15) is 19.3 Å². The number of carbonyl (C=O) groups excluding carboxylic acids is 2. The van der Waals surface area contributed by atoms with Crippen molar-refractivity contribution in [2.75, 3.05) is 0 Å². The molecule has 0 aliphatic carbocycles. The Bertz CT molecular complexity index is 1940. The van der Waals surface area contributed by atoms with E-state index in [1.807, 2.05) is 201 Å². The average molecular weight is 801 g/mol. The van der Waals surface area contributed by atoms with E-state index in [2.05, 4.69) is 6.58 Å². The highest BCUT2D eigenvalue weighted by molar-refractivity contribution is 5.72. The van der Waals surface area contributed by atoms with E-state index in [1.165, 1.54) is 12.5 Å². The summed E-state index contributed by atoms with van der Waals surface area (Å²) in [7, 11) is 0. The highest BCUT2D eigenvalue weighted by Crippen LogP contribution is 1.95. The molecular weight excluding hydrogens is 745 g/mol. The van der Waals surface area contributed by atoms with Crippen LogP contribution in [0, 0.1) is 0 Å². The molecule has 0 rings (SSSR count). The number of ether oxygens (including phenoxy) is 2. The summed E-state index contributed by atoms with van der Waals surface area (Å²) in [5.41, 5.74) is 0. The average Bonchev–Trinajstić information content (AvgIpc) is 3.24. The Morgan fingerprint density at radius 2 is 0.500 bits per heavy atom. The maximum atomic E-state index is 11.8. The molecule has 0 saturated carbocycles. The fourth-order valence-electron chi connectivity index (χ4n) is 3.47. The van der Waals surface area contributed by atoms with Crippen LogP contribution in [0.4, 0.5) is 0 Å². The second-order valence-corrected chi connectivity index (χ2v) is 11.1. The molecular formula is C54H56O6. The molecule has 0 unspecified atom stereocenters. The van der Waals surface area contributed by atoms with E-state index >= 15 is 0 Å². The number of allylic oxidation sites excluding steroid dienone is 42. The summed E-state index contributed by atoms with van der Waals surface area (Å²) in [5, 5.41) is 8.53. The molecule has 0 aromatic rings. The molecule has 0 aliphatic heterocycles. The van der Waals surface area contributed by atoms with Gasteiger partial charge in [-0.2, -0.15) is 0 Å². The first-order chi connectivity index (χ1) is 29.6. The molecule has 1 N–H and O–H groups in total. The number of carboxylic acids is 1. The molecule has 0 bridgehead atoms. The molecule has 6 nitrogen and oxygen atoms in total. The van der Waals surface area contributed by atoms with E-state index in [0.717, 1.165) is 0 Å². The lowest BCUT2D eigenvalue weighted by Gasteiger charge is -1.92. The molecule has 0 aromatic heterocycles. The van der Waals surface area contributed by atoms with Crippen LogP contribution in [0.3, 0.4) is 0 Å². The first kappa shape index (κ1) is 52.2. The van der Waals surface area contributed by atoms with Crippen molar-refractivity contribution in [2.24, 2.45) is 0 Å². The van der Waals surface area contributed by atoms with Gasteiger partial charge in [0, 0.05) is 0 Å². The zero-order valence-corrected chi connectivity index (χ0v) is 34.0. The summed E-state index contributed by atoms with van der Waals surface area (Å²) in [6.45, 7) is 3.61. The second-order valence-electron chi connectivity index (χ2n) is 11.1. The van der Waals surface area contributed by atoms with E-state index in [9.17, 15) is 14.4 Å². The highest BCUT2D eigenvalue weighted by atomic mass is 16.5. The summed E-state index contributed by atoms with van der Waals surface area (Å²) in [5.74, 6) is -1.55. The Balaban J connectivity index is 4.07. The van der Waals surface area contributed by atoms with Gasteiger partial charge in [0.2, 0.25) is 0 Å². The largest absolute Gasteiger partial charge is 0.481 e. The van der Waals surface area contributed by atoms with Crippen LogP contribution in [-0.4, -0.2) is 23.0 Å². The topological polar surface area (TPSA) is 89.9 Å².